The molecule has 10 heteroatoms. The summed E-state index contributed by atoms with van der Waals surface area (Å²) in [6.45, 7) is 4.75. The average molecular weight is 494 g/mol. The Morgan fingerprint density at radius 2 is 1.91 bits per heavy atom. The molecule has 0 saturated carbocycles. The van der Waals surface area contributed by atoms with Crippen molar-refractivity contribution in [2.45, 2.75) is 51.1 Å². The first-order valence-corrected chi connectivity index (χ1v) is 12.4. The molecule has 0 aromatic heterocycles. The van der Waals surface area contributed by atoms with Crippen LogP contribution in [0.1, 0.15) is 38.2 Å². The van der Waals surface area contributed by atoms with E-state index >= 15 is 0 Å². The maximum Gasteiger partial charge on any atom is 0.319 e. The van der Waals surface area contributed by atoms with Crippen molar-refractivity contribution in [1.82, 2.24) is 25.3 Å². The summed E-state index contributed by atoms with van der Waals surface area (Å²) in [6, 6.07) is 2.76. The molecule has 2 fully saturated rings. The minimum absolute atomic E-state index is 0.0193. The molecule has 1 aromatic rings. The summed E-state index contributed by atoms with van der Waals surface area (Å²) in [7, 11) is 3.40. The van der Waals surface area contributed by atoms with Gasteiger partial charge in [-0.05, 0) is 37.0 Å². The van der Waals surface area contributed by atoms with Crippen molar-refractivity contribution >= 4 is 17.8 Å². The third-order valence-electron chi connectivity index (χ3n) is 6.60. The lowest BCUT2D eigenvalue weighted by atomic mass is 9.96. The smallest absolute Gasteiger partial charge is 0.319 e. The number of benzene rings is 1. The van der Waals surface area contributed by atoms with Crippen molar-refractivity contribution in [3.8, 4) is 0 Å². The molecule has 0 bridgehead atoms. The first-order valence-electron chi connectivity index (χ1n) is 12.4. The maximum atomic E-state index is 13.8. The number of carbonyl (C=O) groups excluding carboxylic acids is 3. The van der Waals surface area contributed by atoms with E-state index in [0.717, 1.165) is 18.9 Å². The second-order valence-electron chi connectivity index (χ2n) is 9.79. The lowest BCUT2D eigenvalue weighted by Gasteiger charge is -2.37. The molecule has 2 aliphatic rings. The molecule has 0 radical (unpaired) electrons. The molecule has 8 nitrogen and oxygen atoms in total. The third kappa shape index (κ3) is 7.62. The topological polar surface area (TPSA) is 85.0 Å². The fraction of sp³-hybridized carbons (Fsp3) is 0.640. The van der Waals surface area contributed by atoms with Crippen LogP contribution >= 0.6 is 0 Å². The monoisotopic (exact) mass is 493 g/mol. The van der Waals surface area contributed by atoms with Crippen LogP contribution in [-0.4, -0.2) is 91.4 Å². The predicted molar refractivity (Wildman–Crippen MR) is 129 cm³/mol. The van der Waals surface area contributed by atoms with E-state index in [2.05, 4.69) is 17.6 Å². The number of piperazine rings is 1. The first-order chi connectivity index (χ1) is 16.7. The second kappa shape index (κ2) is 12.3. The van der Waals surface area contributed by atoms with E-state index in [0.29, 0.717) is 44.7 Å². The number of rotatable bonds is 9. The van der Waals surface area contributed by atoms with Gasteiger partial charge < -0.3 is 25.3 Å². The molecular formula is C25H37F2N5O3. The van der Waals surface area contributed by atoms with Crippen molar-refractivity contribution in [2.24, 2.45) is 5.92 Å². The van der Waals surface area contributed by atoms with E-state index in [1.807, 2.05) is 0 Å². The van der Waals surface area contributed by atoms with Gasteiger partial charge in [0.1, 0.15) is 11.6 Å². The van der Waals surface area contributed by atoms with E-state index < -0.39 is 23.6 Å². The number of hydrogen-bond acceptors (Lipinski definition) is 4. The number of nitrogens with one attached hydrogen (secondary N) is 2. The number of carbonyl (C=O) groups is 3. The molecule has 2 unspecified atom stereocenters. The Kier molecular flexibility index (Phi) is 9.42. The van der Waals surface area contributed by atoms with Crippen LogP contribution in [0, 0.1) is 17.6 Å². The summed E-state index contributed by atoms with van der Waals surface area (Å²) in [5.41, 5.74) is 0.442. The van der Waals surface area contributed by atoms with Gasteiger partial charge in [-0.1, -0.05) is 13.3 Å². The predicted octanol–water partition coefficient (Wildman–Crippen LogP) is 1.99. The van der Waals surface area contributed by atoms with Crippen LogP contribution in [0.5, 0.6) is 0 Å². The summed E-state index contributed by atoms with van der Waals surface area (Å²) < 4.78 is 27.6. The molecule has 0 spiro atoms. The summed E-state index contributed by atoms with van der Waals surface area (Å²) in [5.74, 6) is -2.03. The standard InChI is InChI=1S/C25H37F2N5O3/c1-4-5-7-31-15-18(12-23(31)33)24(34)29-21(11-17-9-19(26)13-20(27)10-17)14-22-16-32(8-6-28-22)25(35)30(2)3/h9-10,13,18,21-22,28H,4-8,11-12,14-16H2,1-3H3,(H,29,34)/t18?,21?,22-/m0/s1. The van der Waals surface area contributed by atoms with Crippen molar-refractivity contribution < 1.29 is 23.2 Å². The lowest BCUT2D eigenvalue weighted by Crippen LogP contribution is -2.56. The van der Waals surface area contributed by atoms with Gasteiger partial charge in [0.05, 0.1) is 5.92 Å². The highest BCUT2D eigenvalue weighted by atomic mass is 19.1. The second-order valence-corrected chi connectivity index (χ2v) is 9.79. The van der Waals surface area contributed by atoms with Crippen molar-refractivity contribution in [2.75, 3.05) is 46.8 Å². The van der Waals surface area contributed by atoms with Gasteiger partial charge in [-0.25, -0.2) is 13.6 Å². The number of likely N-dealkylation sites (tertiary alicyclic amines) is 1. The van der Waals surface area contributed by atoms with Gasteiger partial charge in [0.25, 0.3) is 0 Å². The zero-order chi connectivity index (χ0) is 25.5. The van der Waals surface area contributed by atoms with Crippen LogP contribution in [0.25, 0.3) is 0 Å². The number of hydrogen-bond donors (Lipinski definition) is 2. The zero-order valence-electron chi connectivity index (χ0n) is 20.9. The molecule has 3 rings (SSSR count). The molecule has 35 heavy (non-hydrogen) atoms. The third-order valence-corrected chi connectivity index (χ3v) is 6.60. The van der Waals surface area contributed by atoms with E-state index in [1.54, 1.807) is 23.9 Å². The van der Waals surface area contributed by atoms with E-state index in [-0.39, 0.29) is 36.7 Å². The minimum atomic E-state index is -0.670. The molecule has 2 N–H and O–H groups in total. The summed E-state index contributed by atoms with van der Waals surface area (Å²) in [5, 5.41) is 6.43. The highest BCUT2D eigenvalue weighted by Gasteiger charge is 2.35. The molecule has 2 aliphatic heterocycles. The Morgan fingerprint density at radius 1 is 1.20 bits per heavy atom. The molecule has 4 amide bonds. The molecular weight excluding hydrogens is 456 g/mol. The largest absolute Gasteiger partial charge is 0.353 e. The molecule has 2 saturated heterocycles. The Hall–Kier alpha value is -2.75. The number of halogens is 2. The highest BCUT2D eigenvalue weighted by Crippen LogP contribution is 2.20. The Balaban J connectivity index is 1.70. The Bertz CT molecular complexity index is 893. The maximum absolute atomic E-state index is 13.8. The molecule has 3 atom stereocenters. The van der Waals surface area contributed by atoms with Crippen molar-refractivity contribution in [3.05, 3.63) is 35.4 Å². The van der Waals surface area contributed by atoms with Gasteiger partial charge >= 0.3 is 6.03 Å². The molecule has 0 aliphatic carbocycles. The van der Waals surface area contributed by atoms with Crippen LogP contribution < -0.4 is 10.6 Å². The minimum Gasteiger partial charge on any atom is -0.353 e. The van der Waals surface area contributed by atoms with Crippen LogP contribution in [0.3, 0.4) is 0 Å². The van der Waals surface area contributed by atoms with Gasteiger partial charge in [-0.2, -0.15) is 0 Å². The van der Waals surface area contributed by atoms with Crippen molar-refractivity contribution in [1.29, 1.82) is 0 Å². The highest BCUT2D eigenvalue weighted by molar-refractivity contribution is 5.89. The fourth-order valence-corrected chi connectivity index (χ4v) is 4.82. The summed E-state index contributed by atoms with van der Waals surface area (Å²) >= 11 is 0. The SMILES string of the molecule is CCCCN1CC(C(=O)NC(Cc2cc(F)cc(F)c2)C[C@H]2CN(C(=O)N(C)C)CCN2)CC1=O. The number of amides is 4. The van der Waals surface area contributed by atoms with Crippen LogP contribution in [-0.2, 0) is 16.0 Å². The number of nitrogens with zero attached hydrogens (tertiary/aromatic N) is 3. The first kappa shape index (κ1) is 26.8. The van der Waals surface area contributed by atoms with E-state index in [9.17, 15) is 23.2 Å². The fourth-order valence-electron chi connectivity index (χ4n) is 4.82. The molecule has 194 valence electrons. The summed E-state index contributed by atoms with van der Waals surface area (Å²) in [6.07, 6.45) is 2.74. The quantitative estimate of drug-likeness (QED) is 0.551. The number of unbranched alkanes of at least 4 members (excludes halogenated alkanes) is 1. The number of urea groups is 1. The van der Waals surface area contributed by atoms with Gasteiger partial charge in [0.2, 0.25) is 11.8 Å². The van der Waals surface area contributed by atoms with E-state index in [4.69, 9.17) is 0 Å². The summed E-state index contributed by atoms with van der Waals surface area (Å²) in [4.78, 5) is 42.9. The Labute approximate surface area is 206 Å². The van der Waals surface area contributed by atoms with Crippen LogP contribution in [0.2, 0.25) is 0 Å². The van der Waals surface area contributed by atoms with Gasteiger partial charge in [-0.15, -0.1) is 0 Å². The van der Waals surface area contributed by atoms with Gasteiger partial charge in [0.15, 0.2) is 0 Å². The van der Waals surface area contributed by atoms with Crippen LogP contribution in [0.15, 0.2) is 18.2 Å². The average Bonchev–Trinajstić information content (AvgIpc) is 3.17. The zero-order valence-corrected chi connectivity index (χ0v) is 20.9. The van der Waals surface area contributed by atoms with Crippen molar-refractivity contribution in [3.63, 3.8) is 0 Å². The molecule has 1 aromatic carbocycles. The lowest BCUT2D eigenvalue weighted by molar-refractivity contribution is -0.129. The van der Waals surface area contributed by atoms with Gasteiger partial charge in [-0.3, -0.25) is 9.59 Å². The van der Waals surface area contributed by atoms with Crippen LogP contribution in [0.4, 0.5) is 13.6 Å². The molecule has 2 heterocycles. The normalized spacial score (nSPS) is 21.2. The Morgan fingerprint density at radius 3 is 2.57 bits per heavy atom. The van der Waals surface area contributed by atoms with Gasteiger partial charge in [0, 0.05) is 71.4 Å². The van der Waals surface area contributed by atoms with E-state index in [1.165, 1.54) is 17.0 Å².